The summed E-state index contributed by atoms with van der Waals surface area (Å²) < 4.78 is 13.6. The third-order valence-electron chi connectivity index (χ3n) is 12.9. The van der Waals surface area contributed by atoms with E-state index in [2.05, 4.69) is 41.5 Å². The molecular weight excluding hydrogens is 459 g/mol. The Labute approximate surface area is 225 Å². The minimum Gasteiger partial charge on any atom is -0.393 e. The molecule has 0 bridgehead atoms. The third-order valence-corrected chi connectivity index (χ3v) is 12.9. The van der Waals surface area contributed by atoms with E-state index in [4.69, 9.17) is 0 Å². The first-order valence-corrected chi connectivity index (χ1v) is 15.2. The molecule has 0 saturated heterocycles. The quantitative estimate of drug-likeness (QED) is 0.375. The van der Waals surface area contributed by atoms with Gasteiger partial charge in [-0.05, 0) is 115 Å². The van der Waals surface area contributed by atoms with E-state index in [-0.39, 0.29) is 28.2 Å². The minimum absolute atomic E-state index is 0.00397. The van der Waals surface area contributed by atoms with Crippen LogP contribution in [0.2, 0.25) is 0 Å². The van der Waals surface area contributed by atoms with Crippen molar-refractivity contribution in [1.82, 2.24) is 0 Å². The Morgan fingerprint density at radius 2 is 1.70 bits per heavy atom. The van der Waals surface area contributed by atoms with Gasteiger partial charge in [0.1, 0.15) is 5.82 Å². The van der Waals surface area contributed by atoms with E-state index in [1.807, 2.05) is 11.6 Å². The summed E-state index contributed by atoms with van der Waals surface area (Å²) in [7, 11) is 0. The maximum Gasteiger partial charge on any atom is 0.123 e. The normalized spacial score (nSPS) is 40.5. The number of aliphatic hydroxyl groups excluding tert-OH is 2. The number of halogens is 1. The summed E-state index contributed by atoms with van der Waals surface area (Å²) in [5, 5.41) is 21.5. The second-order valence-electron chi connectivity index (χ2n) is 14.7. The van der Waals surface area contributed by atoms with Gasteiger partial charge < -0.3 is 10.2 Å². The number of allylic oxidation sites excluding steroid dienone is 2. The van der Waals surface area contributed by atoms with Crippen LogP contribution in [0.3, 0.4) is 0 Å². The van der Waals surface area contributed by atoms with Crippen molar-refractivity contribution in [3.05, 3.63) is 46.8 Å². The average Bonchev–Trinajstić information content (AvgIpc) is 3.13. The molecule has 206 valence electrons. The SMILES string of the molecule is C[C@H](CCCC(O)c1cccc(F)c1)[C@H]1CC[C@@]2(C)C3=C(CC[C@]12C)[C@@]1(C)CC[C@H](O)C(C)(C)[C@@H]1CC3. The van der Waals surface area contributed by atoms with E-state index in [1.54, 1.807) is 11.6 Å². The summed E-state index contributed by atoms with van der Waals surface area (Å²) in [6, 6.07) is 6.42. The lowest BCUT2D eigenvalue weighted by atomic mass is 9.43. The molecule has 2 nitrogen and oxygen atoms in total. The highest BCUT2D eigenvalue weighted by Crippen LogP contribution is 2.72. The van der Waals surface area contributed by atoms with Crippen molar-refractivity contribution in [1.29, 1.82) is 0 Å². The van der Waals surface area contributed by atoms with Gasteiger partial charge in [-0.1, -0.05) is 77.7 Å². The van der Waals surface area contributed by atoms with E-state index in [9.17, 15) is 14.6 Å². The molecule has 2 saturated carbocycles. The maximum absolute atomic E-state index is 13.6. The van der Waals surface area contributed by atoms with E-state index in [0.29, 0.717) is 35.2 Å². The van der Waals surface area contributed by atoms with Crippen molar-refractivity contribution in [2.75, 3.05) is 0 Å². The van der Waals surface area contributed by atoms with Crippen LogP contribution >= 0.6 is 0 Å². The summed E-state index contributed by atoms with van der Waals surface area (Å²) in [4.78, 5) is 0. The zero-order chi connectivity index (χ0) is 26.8. The number of fused-ring (bicyclic) bond motifs is 4. The van der Waals surface area contributed by atoms with Crippen LogP contribution in [-0.2, 0) is 0 Å². The molecule has 0 radical (unpaired) electrons. The zero-order valence-electron chi connectivity index (χ0n) is 24.2. The molecule has 3 heteroatoms. The Morgan fingerprint density at radius 3 is 2.43 bits per heavy atom. The maximum atomic E-state index is 13.6. The largest absolute Gasteiger partial charge is 0.393 e. The lowest BCUT2D eigenvalue weighted by molar-refractivity contribution is -0.0962. The number of hydrogen-bond donors (Lipinski definition) is 2. The van der Waals surface area contributed by atoms with Gasteiger partial charge in [-0.25, -0.2) is 4.39 Å². The van der Waals surface area contributed by atoms with Crippen molar-refractivity contribution in [3.8, 4) is 0 Å². The molecule has 0 aliphatic heterocycles. The van der Waals surface area contributed by atoms with Crippen LogP contribution in [0, 0.1) is 45.2 Å². The molecule has 1 aromatic rings. The molecule has 2 fully saturated rings. The smallest absolute Gasteiger partial charge is 0.123 e. The molecular formula is C34H51FO2. The van der Waals surface area contributed by atoms with Gasteiger partial charge >= 0.3 is 0 Å². The van der Waals surface area contributed by atoms with Crippen LogP contribution in [0.15, 0.2) is 35.4 Å². The first kappa shape index (κ1) is 27.4. The molecule has 4 aliphatic rings. The van der Waals surface area contributed by atoms with Gasteiger partial charge in [-0.2, -0.15) is 0 Å². The first-order chi connectivity index (χ1) is 17.3. The Bertz CT molecular complexity index is 1040. The van der Waals surface area contributed by atoms with E-state index < -0.39 is 6.10 Å². The Hall–Kier alpha value is -1.19. The fraction of sp³-hybridized carbons (Fsp3) is 0.765. The number of benzene rings is 1. The summed E-state index contributed by atoms with van der Waals surface area (Å²) in [6.45, 7) is 14.8. The van der Waals surface area contributed by atoms with Crippen molar-refractivity contribution < 1.29 is 14.6 Å². The van der Waals surface area contributed by atoms with Crippen molar-refractivity contribution in [2.45, 2.75) is 124 Å². The van der Waals surface area contributed by atoms with Crippen LogP contribution in [0.25, 0.3) is 0 Å². The van der Waals surface area contributed by atoms with Gasteiger partial charge in [0.2, 0.25) is 0 Å². The highest BCUT2D eigenvalue weighted by atomic mass is 19.1. The van der Waals surface area contributed by atoms with E-state index >= 15 is 0 Å². The molecule has 0 aromatic heterocycles. The van der Waals surface area contributed by atoms with Gasteiger partial charge in [-0.3, -0.25) is 0 Å². The summed E-state index contributed by atoms with van der Waals surface area (Å²) >= 11 is 0. The van der Waals surface area contributed by atoms with Gasteiger partial charge in [-0.15, -0.1) is 0 Å². The number of hydrogen-bond acceptors (Lipinski definition) is 2. The molecule has 5 rings (SSSR count). The minimum atomic E-state index is -0.580. The predicted molar refractivity (Wildman–Crippen MR) is 149 cm³/mol. The Balaban J connectivity index is 1.31. The topological polar surface area (TPSA) is 40.5 Å². The second-order valence-corrected chi connectivity index (χ2v) is 14.7. The van der Waals surface area contributed by atoms with E-state index in [0.717, 1.165) is 25.7 Å². The molecule has 8 atom stereocenters. The zero-order valence-corrected chi connectivity index (χ0v) is 24.2. The lowest BCUT2D eigenvalue weighted by Gasteiger charge is -2.62. The molecule has 0 heterocycles. The highest BCUT2D eigenvalue weighted by molar-refractivity contribution is 5.38. The summed E-state index contributed by atoms with van der Waals surface area (Å²) in [5.41, 5.74) is 5.16. The molecule has 2 N–H and O–H groups in total. The standard InChI is InChI=1S/C34H51FO2/c1-22(9-7-12-28(36)23-10-8-11-24(35)21-23)25-15-19-34(6)27-13-14-29-31(2,3)30(37)17-18-32(29,4)26(27)16-20-33(25,34)5/h8,10-11,21-22,25,28-30,36-37H,7,9,12-20H2,1-6H3/t22-,25-,28?,29+,30+,32-,33-,34+/m1/s1. The monoisotopic (exact) mass is 510 g/mol. The van der Waals surface area contributed by atoms with Crippen LogP contribution < -0.4 is 0 Å². The molecule has 4 aliphatic carbocycles. The molecule has 1 unspecified atom stereocenters. The number of aliphatic hydroxyl groups is 2. The molecule has 37 heavy (non-hydrogen) atoms. The van der Waals surface area contributed by atoms with Crippen LogP contribution in [0.1, 0.15) is 124 Å². The van der Waals surface area contributed by atoms with Crippen LogP contribution in [-0.4, -0.2) is 16.3 Å². The van der Waals surface area contributed by atoms with Gasteiger partial charge in [0.15, 0.2) is 0 Å². The Kier molecular flexibility index (Phi) is 7.01. The first-order valence-electron chi connectivity index (χ1n) is 15.2. The van der Waals surface area contributed by atoms with Gasteiger partial charge in [0.05, 0.1) is 12.2 Å². The molecule has 0 amide bonds. The fourth-order valence-corrected chi connectivity index (χ4v) is 10.3. The third kappa shape index (κ3) is 4.17. The molecule has 0 spiro atoms. The Morgan fingerprint density at radius 1 is 0.946 bits per heavy atom. The fourth-order valence-electron chi connectivity index (χ4n) is 10.3. The second kappa shape index (κ2) is 9.47. The van der Waals surface area contributed by atoms with Gasteiger partial charge in [0, 0.05) is 0 Å². The van der Waals surface area contributed by atoms with Crippen molar-refractivity contribution >= 4 is 0 Å². The van der Waals surface area contributed by atoms with Gasteiger partial charge in [0.25, 0.3) is 0 Å². The van der Waals surface area contributed by atoms with Crippen molar-refractivity contribution in [3.63, 3.8) is 0 Å². The number of rotatable bonds is 6. The summed E-state index contributed by atoms with van der Waals surface area (Å²) in [5.74, 6) is 1.65. The van der Waals surface area contributed by atoms with E-state index in [1.165, 1.54) is 50.7 Å². The summed E-state index contributed by atoms with van der Waals surface area (Å²) in [6.07, 6.45) is 11.7. The molecule has 1 aromatic carbocycles. The predicted octanol–water partition coefficient (Wildman–Crippen LogP) is 8.78. The highest BCUT2D eigenvalue weighted by Gasteiger charge is 2.63. The lowest BCUT2D eigenvalue weighted by Crippen LogP contribution is -2.55. The van der Waals surface area contributed by atoms with Crippen molar-refractivity contribution in [2.24, 2.45) is 39.4 Å². The average molecular weight is 511 g/mol. The van der Waals surface area contributed by atoms with Crippen LogP contribution in [0.4, 0.5) is 4.39 Å². The van der Waals surface area contributed by atoms with Crippen LogP contribution in [0.5, 0.6) is 0 Å².